The van der Waals surface area contributed by atoms with E-state index in [1.54, 1.807) is 12.3 Å². The fourth-order valence-electron chi connectivity index (χ4n) is 1.72. The number of pyridine rings is 1. The molecule has 0 fully saturated rings. The number of nitrogens with one attached hydrogen (secondary N) is 1. The Labute approximate surface area is 127 Å². The first-order chi connectivity index (χ1) is 9.08. The predicted molar refractivity (Wildman–Crippen MR) is 81.7 cm³/mol. The quantitative estimate of drug-likeness (QED) is 0.608. The minimum atomic E-state index is -0.182. The fraction of sp³-hybridized carbons (Fsp3) is 0.538. The van der Waals surface area contributed by atoms with Gasteiger partial charge in [0, 0.05) is 17.2 Å². The zero-order valence-corrected chi connectivity index (χ0v) is 13.6. The Morgan fingerprint density at radius 2 is 2.16 bits per heavy atom. The van der Waals surface area contributed by atoms with Crippen molar-refractivity contribution in [3.8, 4) is 0 Å². The molecule has 4 nitrogen and oxygen atoms in total. The van der Waals surface area contributed by atoms with E-state index in [9.17, 15) is 4.79 Å². The second kappa shape index (κ2) is 8.51. The molecule has 0 atom stereocenters. The summed E-state index contributed by atoms with van der Waals surface area (Å²) >= 11 is 9.17. The predicted octanol–water partition coefficient (Wildman–Crippen LogP) is 2.96. The van der Waals surface area contributed by atoms with Crippen molar-refractivity contribution in [2.45, 2.75) is 20.3 Å². The minimum Gasteiger partial charge on any atom is -0.352 e. The molecule has 1 heterocycles. The van der Waals surface area contributed by atoms with Gasteiger partial charge < -0.3 is 10.2 Å². The number of hydrogen-bond acceptors (Lipinski definition) is 3. The van der Waals surface area contributed by atoms with Crippen LogP contribution in [0, 0.1) is 0 Å². The van der Waals surface area contributed by atoms with E-state index in [2.05, 4.69) is 45.0 Å². The van der Waals surface area contributed by atoms with Gasteiger partial charge in [-0.2, -0.15) is 0 Å². The van der Waals surface area contributed by atoms with Crippen LogP contribution < -0.4 is 5.32 Å². The maximum absolute atomic E-state index is 11.9. The summed E-state index contributed by atoms with van der Waals surface area (Å²) in [5.74, 6) is -0.182. The standard InChI is InChI=1S/C13H19BrClN3O/c1-3-18(4-2)7-5-6-16-13(19)11-8-10(14)9-17-12(11)15/h8-9H,3-7H2,1-2H3,(H,16,19). The number of halogens is 2. The van der Waals surface area contributed by atoms with Gasteiger partial charge in [0.25, 0.3) is 5.91 Å². The summed E-state index contributed by atoms with van der Waals surface area (Å²) in [6.45, 7) is 7.96. The minimum absolute atomic E-state index is 0.182. The van der Waals surface area contributed by atoms with Crippen LogP contribution in [0.3, 0.4) is 0 Å². The molecule has 0 saturated carbocycles. The third kappa shape index (κ3) is 5.47. The molecule has 6 heteroatoms. The molecule has 1 aromatic rings. The van der Waals surface area contributed by atoms with E-state index in [0.717, 1.165) is 30.5 Å². The van der Waals surface area contributed by atoms with Crippen LogP contribution in [0.15, 0.2) is 16.7 Å². The van der Waals surface area contributed by atoms with E-state index < -0.39 is 0 Å². The van der Waals surface area contributed by atoms with Gasteiger partial charge >= 0.3 is 0 Å². The number of carbonyl (C=O) groups is 1. The topological polar surface area (TPSA) is 45.2 Å². The number of aromatic nitrogens is 1. The summed E-state index contributed by atoms with van der Waals surface area (Å²) in [4.78, 5) is 18.2. The SMILES string of the molecule is CCN(CC)CCCNC(=O)c1cc(Br)cnc1Cl. The van der Waals surface area contributed by atoms with Crippen LogP contribution in [0.2, 0.25) is 5.15 Å². The van der Waals surface area contributed by atoms with Crippen LogP contribution in [-0.2, 0) is 0 Å². The van der Waals surface area contributed by atoms with E-state index in [1.165, 1.54) is 0 Å². The Balaban J connectivity index is 2.41. The molecule has 0 aliphatic heterocycles. The van der Waals surface area contributed by atoms with Crippen LogP contribution in [0.4, 0.5) is 0 Å². The average Bonchev–Trinajstić information content (AvgIpc) is 2.41. The Hall–Kier alpha value is -0.650. The smallest absolute Gasteiger partial charge is 0.254 e. The summed E-state index contributed by atoms with van der Waals surface area (Å²) in [6, 6.07) is 1.68. The van der Waals surface area contributed by atoms with Gasteiger partial charge in [0.1, 0.15) is 5.15 Å². The van der Waals surface area contributed by atoms with Crippen LogP contribution in [0.1, 0.15) is 30.6 Å². The number of rotatable bonds is 7. The van der Waals surface area contributed by atoms with Crippen molar-refractivity contribution in [1.29, 1.82) is 0 Å². The lowest BCUT2D eigenvalue weighted by Crippen LogP contribution is -2.30. The molecule has 1 N–H and O–H groups in total. The molecule has 1 aromatic heterocycles. The van der Waals surface area contributed by atoms with Gasteiger partial charge in [-0.3, -0.25) is 4.79 Å². The zero-order valence-electron chi connectivity index (χ0n) is 11.2. The van der Waals surface area contributed by atoms with Crippen molar-refractivity contribution in [3.63, 3.8) is 0 Å². The van der Waals surface area contributed by atoms with Crippen LogP contribution in [-0.4, -0.2) is 42.0 Å². The summed E-state index contributed by atoms with van der Waals surface area (Å²) < 4.78 is 0.741. The highest BCUT2D eigenvalue weighted by Crippen LogP contribution is 2.17. The summed E-state index contributed by atoms with van der Waals surface area (Å²) in [7, 11) is 0. The first kappa shape index (κ1) is 16.4. The van der Waals surface area contributed by atoms with E-state index in [1.807, 2.05) is 0 Å². The van der Waals surface area contributed by atoms with Gasteiger partial charge in [0.2, 0.25) is 0 Å². The van der Waals surface area contributed by atoms with Crippen molar-refractivity contribution >= 4 is 33.4 Å². The fourth-order valence-corrected chi connectivity index (χ4v) is 2.24. The van der Waals surface area contributed by atoms with Gasteiger partial charge in [-0.25, -0.2) is 4.98 Å². The number of carbonyl (C=O) groups excluding carboxylic acids is 1. The van der Waals surface area contributed by atoms with E-state index >= 15 is 0 Å². The molecule has 0 bridgehead atoms. The van der Waals surface area contributed by atoms with Crippen LogP contribution in [0.25, 0.3) is 0 Å². The van der Waals surface area contributed by atoms with Gasteiger partial charge in [0.05, 0.1) is 5.56 Å². The maximum Gasteiger partial charge on any atom is 0.254 e. The van der Waals surface area contributed by atoms with Crippen LogP contribution in [0.5, 0.6) is 0 Å². The lowest BCUT2D eigenvalue weighted by atomic mass is 10.2. The van der Waals surface area contributed by atoms with Crippen molar-refractivity contribution in [2.24, 2.45) is 0 Å². The van der Waals surface area contributed by atoms with E-state index in [4.69, 9.17) is 11.6 Å². The largest absolute Gasteiger partial charge is 0.352 e. The lowest BCUT2D eigenvalue weighted by Gasteiger charge is -2.17. The summed E-state index contributed by atoms with van der Waals surface area (Å²) in [5, 5.41) is 3.09. The highest BCUT2D eigenvalue weighted by atomic mass is 79.9. The zero-order chi connectivity index (χ0) is 14.3. The Bertz CT molecular complexity index is 424. The molecule has 0 aromatic carbocycles. The second-order valence-electron chi connectivity index (χ2n) is 4.13. The van der Waals surface area contributed by atoms with Crippen molar-refractivity contribution in [1.82, 2.24) is 15.2 Å². The Morgan fingerprint density at radius 1 is 1.47 bits per heavy atom. The van der Waals surface area contributed by atoms with Crippen molar-refractivity contribution in [2.75, 3.05) is 26.2 Å². The molecular weight excluding hydrogens is 330 g/mol. The van der Waals surface area contributed by atoms with Gasteiger partial charge in [-0.15, -0.1) is 0 Å². The molecule has 0 aliphatic carbocycles. The molecule has 0 spiro atoms. The van der Waals surface area contributed by atoms with Gasteiger partial charge in [-0.05, 0) is 48.1 Å². The van der Waals surface area contributed by atoms with Gasteiger partial charge in [-0.1, -0.05) is 25.4 Å². The average molecular weight is 349 g/mol. The lowest BCUT2D eigenvalue weighted by molar-refractivity contribution is 0.0951. The van der Waals surface area contributed by atoms with Crippen molar-refractivity contribution < 1.29 is 4.79 Å². The number of nitrogens with zero attached hydrogens (tertiary/aromatic N) is 2. The molecule has 0 aliphatic rings. The van der Waals surface area contributed by atoms with E-state index in [-0.39, 0.29) is 11.1 Å². The monoisotopic (exact) mass is 347 g/mol. The summed E-state index contributed by atoms with van der Waals surface area (Å²) in [6.07, 6.45) is 2.49. The molecule has 1 amide bonds. The van der Waals surface area contributed by atoms with Crippen molar-refractivity contribution in [3.05, 3.63) is 27.5 Å². The first-order valence-electron chi connectivity index (χ1n) is 6.40. The molecule has 106 valence electrons. The molecule has 0 saturated heterocycles. The third-order valence-electron chi connectivity index (χ3n) is 2.88. The molecule has 19 heavy (non-hydrogen) atoms. The molecule has 1 rings (SSSR count). The summed E-state index contributed by atoms with van der Waals surface area (Å²) in [5.41, 5.74) is 0.402. The second-order valence-corrected chi connectivity index (χ2v) is 5.40. The molecule has 0 radical (unpaired) electrons. The highest BCUT2D eigenvalue weighted by Gasteiger charge is 2.11. The Kier molecular flexibility index (Phi) is 7.34. The molecule has 0 unspecified atom stereocenters. The Morgan fingerprint density at radius 3 is 2.79 bits per heavy atom. The number of hydrogen-bond donors (Lipinski definition) is 1. The van der Waals surface area contributed by atoms with E-state index in [0.29, 0.717) is 12.1 Å². The third-order valence-corrected chi connectivity index (χ3v) is 3.62. The number of amides is 1. The molecular formula is C13H19BrClN3O. The maximum atomic E-state index is 11.9. The normalized spacial score (nSPS) is 10.8. The highest BCUT2D eigenvalue weighted by molar-refractivity contribution is 9.10. The van der Waals surface area contributed by atoms with Gasteiger partial charge in [0.15, 0.2) is 0 Å². The van der Waals surface area contributed by atoms with Crippen LogP contribution >= 0.6 is 27.5 Å². The first-order valence-corrected chi connectivity index (χ1v) is 7.57.